The van der Waals surface area contributed by atoms with Gasteiger partial charge in [-0.1, -0.05) is 6.08 Å². The molecule has 1 aliphatic heterocycles. The van der Waals surface area contributed by atoms with Crippen LogP contribution in [-0.2, 0) is 4.79 Å². The van der Waals surface area contributed by atoms with E-state index in [1.54, 1.807) is 6.20 Å². The van der Waals surface area contributed by atoms with Crippen LogP contribution in [0.5, 0.6) is 5.75 Å². The Balaban J connectivity index is 0.000000345. The number of rotatable bonds is 3. The SMILES string of the molecule is CC(C)Oc1cncc(C2=CCC3(CCCN3C)CC2)c1.O=C(O)C(F)(F)F. The van der Waals surface area contributed by atoms with Gasteiger partial charge in [0.05, 0.1) is 12.3 Å². The molecule has 1 aromatic heterocycles. The molecular weight excluding hydrogens is 373 g/mol. The molecule has 0 bridgehead atoms. The van der Waals surface area contributed by atoms with Crippen LogP contribution in [0.3, 0.4) is 0 Å². The summed E-state index contributed by atoms with van der Waals surface area (Å²) in [5.74, 6) is -1.88. The van der Waals surface area contributed by atoms with Gasteiger partial charge in [-0.15, -0.1) is 0 Å². The first-order valence-electron chi connectivity index (χ1n) is 9.36. The van der Waals surface area contributed by atoms with Gasteiger partial charge in [-0.05, 0) is 76.7 Å². The minimum absolute atomic E-state index is 0.192. The number of ether oxygens (including phenoxy) is 1. The number of carbonyl (C=O) groups is 1. The summed E-state index contributed by atoms with van der Waals surface area (Å²) in [6.45, 7) is 5.35. The fourth-order valence-electron chi connectivity index (χ4n) is 3.72. The molecule has 1 saturated heterocycles. The second-order valence-corrected chi connectivity index (χ2v) is 7.56. The van der Waals surface area contributed by atoms with Gasteiger partial charge in [0, 0.05) is 11.7 Å². The molecule has 3 rings (SSSR count). The lowest BCUT2D eigenvalue weighted by Gasteiger charge is -2.39. The minimum atomic E-state index is -5.08. The highest BCUT2D eigenvalue weighted by Crippen LogP contribution is 2.42. The number of hydrogen-bond acceptors (Lipinski definition) is 4. The highest BCUT2D eigenvalue weighted by molar-refractivity contribution is 5.73. The zero-order chi connectivity index (χ0) is 20.9. The summed E-state index contributed by atoms with van der Waals surface area (Å²) in [5.41, 5.74) is 3.09. The Hall–Kier alpha value is -2.09. The van der Waals surface area contributed by atoms with Crippen molar-refractivity contribution in [2.45, 2.75) is 63.8 Å². The van der Waals surface area contributed by atoms with Crippen LogP contribution >= 0.6 is 0 Å². The number of pyridine rings is 1. The Labute approximate surface area is 163 Å². The summed E-state index contributed by atoms with van der Waals surface area (Å²) >= 11 is 0. The largest absolute Gasteiger partial charge is 0.490 e. The van der Waals surface area contributed by atoms with Gasteiger partial charge in [0.15, 0.2) is 0 Å². The maximum absolute atomic E-state index is 10.6. The molecule has 2 heterocycles. The first kappa shape index (κ1) is 22.2. The lowest BCUT2D eigenvalue weighted by atomic mass is 9.79. The topological polar surface area (TPSA) is 62.7 Å². The van der Waals surface area contributed by atoms with E-state index in [1.165, 1.54) is 43.4 Å². The van der Waals surface area contributed by atoms with Gasteiger partial charge in [-0.3, -0.25) is 4.98 Å². The third-order valence-corrected chi connectivity index (χ3v) is 5.23. The minimum Gasteiger partial charge on any atom is -0.489 e. The van der Waals surface area contributed by atoms with Crippen molar-refractivity contribution < 1.29 is 27.8 Å². The van der Waals surface area contributed by atoms with E-state index in [-0.39, 0.29) is 6.10 Å². The standard InChI is InChI=1S/C18H26N2O.C2HF3O2/c1-14(2)21-17-11-16(12-19-13-17)15-5-8-18(9-6-15)7-4-10-20(18)3;3-2(4,5)1(6)7/h5,11-14H,4,6-10H2,1-3H3;(H,6,7). The number of alkyl halides is 3. The zero-order valence-electron chi connectivity index (χ0n) is 16.4. The van der Waals surface area contributed by atoms with Crippen molar-refractivity contribution in [2.24, 2.45) is 0 Å². The quantitative estimate of drug-likeness (QED) is 0.808. The molecule has 0 saturated carbocycles. The summed E-state index contributed by atoms with van der Waals surface area (Å²) in [6, 6.07) is 2.13. The maximum atomic E-state index is 10.6. The average Bonchev–Trinajstić information content (AvgIpc) is 2.95. The molecule has 1 unspecified atom stereocenters. The van der Waals surface area contributed by atoms with E-state index in [0.29, 0.717) is 5.54 Å². The molecule has 8 heteroatoms. The van der Waals surface area contributed by atoms with Crippen molar-refractivity contribution in [3.05, 3.63) is 30.1 Å². The van der Waals surface area contributed by atoms with E-state index in [4.69, 9.17) is 14.6 Å². The molecule has 2 aliphatic rings. The smallest absolute Gasteiger partial charge is 0.489 e. The van der Waals surface area contributed by atoms with Crippen molar-refractivity contribution in [1.82, 2.24) is 9.88 Å². The normalized spacial score (nSPS) is 22.6. The molecule has 1 aliphatic carbocycles. The molecule has 1 spiro atoms. The molecule has 1 N–H and O–H groups in total. The predicted molar refractivity (Wildman–Crippen MR) is 100 cm³/mol. The lowest BCUT2D eigenvalue weighted by molar-refractivity contribution is -0.192. The molecule has 1 atom stereocenters. The van der Waals surface area contributed by atoms with Crippen LogP contribution in [0.25, 0.3) is 5.57 Å². The van der Waals surface area contributed by atoms with E-state index < -0.39 is 12.1 Å². The summed E-state index contributed by atoms with van der Waals surface area (Å²) < 4.78 is 37.5. The molecule has 1 aromatic rings. The van der Waals surface area contributed by atoms with Gasteiger partial charge in [0.25, 0.3) is 0 Å². The van der Waals surface area contributed by atoms with Crippen LogP contribution in [0.4, 0.5) is 13.2 Å². The monoisotopic (exact) mass is 400 g/mol. The van der Waals surface area contributed by atoms with E-state index in [9.17, 15) is 13.2 Å². The van der Waals surface area contributed by atoms with Crippen LogP contribution in [-0.4, -0.2) is 52.4 Å². The third kappa shape index (κ3) is 5.70. The van der Waals surface area contributed by atoms with Crippen LogP contribution in [0, 0.1) is 0 Å². The number of likely N-dealkylation sites (tertiary alicyclic amines) is 1. The number of aliphatic carboxylic acids is 1. The molecule has 156 valence electrons. The van der Waals surface area contributed by atoms with E-state index >= 15 is 0 Å². The van der Waals surface area contributed by atoms with Crippen LogP contribution < -0.4 is 4.74 Å². The number of carboxylic acid groups (broad SMARTS) is 1. The third-order valence-electron chi connectivity index (χ3n) is 5.23. The van der Waals surface area contributed by atoms with Gasteiger partial charge in [-0.2, -0.15) is 13.2 Å². The number of hydrogen-bond donors (Lipinski definition) is 1. The van der Waals surface area contributed by atoms with Crippen molar-refractivity contribution in [1.29, 1.82) is 0 Å². The van der Waals surface area contributed by atoms with Crippen LogP contribution in [0.15, 0.2) is 24.5 Å². The summed E-state index contributed by atoms with van der Waals surface area (Å²) in [4.78, 5) is 15.8. The van der Waals surface area contributed by atoms with Gasteiger partial charge in [0.1, 0.15) is 5.75 Å². The van der Waals surface area contributed by atoms with Gasteiger partial charge in [-0.25, -0.2) is 4.79 Å². The number of nitrogens with zero attached hydrogens (tertiary/aromatic N) is 2. The number of aromatic nitrogens is 1. The Morgan fingerprint density at radius 1 is 1.32 bits per heavy atom. The van der Waals surface area contributed by atoms with E-state index in [2.05, 4.69) is 29.1 Å². The van der Waals surface area contributed by atoms with Crippen molar-refractivity contribution >= 4 is 11.5 Å². The Morgan fingerprint density at radius 2 is 2.00 bits per heavy atom. The predicted octanol–water partition coefficient (Wildman–Crippen LogP) is 4.53. The molecule has 28 heavy (non-hydrogen) atoms. The molecule has 0 aromatic carbocycles. The molecule has 0 amide bonds. The Bertz CT molecular complexity index is 719. The Morgan fingerprint density at radius 3 is 2.46 bits per heavy atom. The fourth-order valence-corrected chi connectivity index (χ4v) is 3.72. The van der Waals surface area contributed by atoms with Crippen molar-refractivity contribution in [2.75, 3.05) is 13.6 Å². The van der Waals surface area contributed by atoms with Crippen molar-refractivity contribution in [3.63, 3.8) is 0 Å². The average molecular weight is 400 g/mol. The Kier molecular flexibility index (Phi) is 7.09. The van der Waals surface area contributed by atoms with Gasteiger partial charge >= 0.3 is 12.1 Å². The molecule has 1 fully saturated rings. The van der Waals surface area contributed by atoms with E-state index in [1.807, 2.05) is 20.0 Å². The number of carboxylic acids is 1. The molecule has 0 radical (unpaired) electrons. The first-order valence-corrected chi connectivity index (χ1v) is 9.36. The zero-order valence-corrected chi connectivity index (χ0v) is 16.4. The summed E-state index contributed by atoms with van der Waals surface area (Å²) in [6.07, 6.45) is 7.60. The molecular formula is C20H27F3N2O3. The highest BCUT2D eigenvalue weighted by Gasteiger charge is 2.39. The lowest BCUT2D eigenvalue weighted by Crippen LogP contribution is -2.42. The summed E-state index contributed by atoms with van der Waals surface area (Å²) in [7, 11) is 2.28. The van der Waals surface area contributed by atoms with Crippen LogP contribution in [0.1, 0.15) is 51.5 Å². The van der Waals surface area contributed by atoms with E-state index in [0.717, 1.165) is 12.2 Å². The van der Waals surface area contributed by atoms with Crippen LogP contribution in [0.2, 0.25) is 0 Å². The second kappa shape index (κ2) is 8.94. The van der Waals surface area contributed by atoms with Gasteiger partial charge < -0.3 is 14.7 Å². The highest BCUT2D eigenvalue weighted by atomic mass is 19.4. The van der Waals surface area contributed by atoms with Crippen molar-refractivity contribution in [3.8, 4) is 5.75 Å². The summed E-state index contributed by atoms with van der Waals surface area (Å²) in [5, 5.41) is 7.12. The van der Waals surface area contributed by atoms with Gasteiger partial charge in [0.2, 0.25) is 0 Å². The number of allylic oxidation sites excluding steroid dienone is 1. The second-order valence-electron chi connectivity index (χ2n) is 7.56. The number of halogens is 3. The maximum Gasteiger partial charge on any atom is 0.490 e. The molecule has 5 nitrogen and oxygen atoms in total. The fraction of sp³-hybridized carbons (Fsp3) is 0.600. The first-order chi connectivity index (χ1) is 13.0.